The van der Waals surface area contributed by atoms with E-state index in [9.17, 15) is 19.5 Å². The molecule has 1 fully saturated rings. The zero-order valence-electron chi connectivity index (χ0n) is 16.9. The normalized spacial score (nSPS) is 17.9. The number of carbonyl (C=O) groups is 2. The number of pyridine rings is 1. The lowest BCUT2D eigenvalue weighted by Crippen LogP contribution is -2.63. The van der Waals surface area contributed by atoms with Crippen molar-refractivity contribution in [2.24, 2.45) is 0 Å². The molecule has 0 radical (unpaired) electrons. The summed E-state index contributed by atoms with van der Waals surface area (Å²) in [5, 5.41) is 15.8. The van der Waals surface area contributed by atoms with Gasteiger partial charge in [-0.05, 0) is 37.8 Å². The molecule has 2 amide bonds. The minimum Gasteiger partial charge on any atom is -0.502 e. The van der Waals surface area contributed by atoms with Gasteiger partial charge in [0.15, 0.2) is 11.4 Å². The Balaban J connectivity index is 1.70. The third-order valence-corrected chi connectivity index (χ3v) is 6.62. The van der Waals surface area contributed by atoms with E-state index < -0.39 is 23.0 Å². The monoisotopic (exact) mass is 464 g/mol. The van der Waals surface area contributed by atoms with E-state index in [1.165, 1.54) is 10.9 Å². The number of benzene rings is 1. The molecule has 8 nitrogen and oxygen atoms in total. The maximum Gasteiger partial charge on any atom is 0.278 e. The average Bonchev–Trinajstić information content (AvgIpc) is 2.77. The topological polar surface area (TPSA) is 94.9 Å². The standard InChI is InChI=1S/C21H22Cl2N4O4/c1-2-25-15-8-3-4-9-26(15)27-11-13(18(28)19(29)17(27)21(25)31)20(30)24-10-12-6-5-7-14(22)16(12)23/h5-7,11,15,29H,2-4,8-10H2,1H3,(H,24,30)/t15-/m0/s1. The highest BCUT2D eigenvalue weighted by Gasteiger charge is 2.40. The number of aromatic nitrogens is 1. The molecule has 164 valence electrons. The van der Waals surface area contributed by atoms with Crippen molar-refractivity contribution in [3.05, 3.63) is 61.5 Å². The Hall–Kier alpha value is -2.71. The quantitative estimate of drug-likeness (QED) is 0.724. The van der Waals surface area contributed by atoms with Crippen molar-refractivity contribution in [3.63, 3.8) is 0 Å². The summed E-state index contributed by atoms with van der Waals surface area (Å²) in [6.45, 7) is 3.01. The minimum atomic E-state index is -0.888. The van der Waals surface area contributed by atoms with Crippen LogP contribution in [0.25, 0.3) is 0 Å². The van der Waals surface area contributed by atoms with Crippen LogP contribution in [-0.2, 0) is 6.54 Å². The fourth-order valence-electron chi connectivity index (χ4n) is 4.20. The first-order chi connectivity index (χ1) is 14.8. The molecule has 10 heteroatoms. The predicted molar refractivity (Wildman–Crippen MR) is 117 cm³/mol. The number of amides is 2. The number of carbonyl (C=O) groups excluding carboxylic acids is 2. The van der Waals surface area contributed by atoms with Gasteiger partial charge < -0.3 is 15.3 Å². The second-order valence-corrected chi connectivity index (χ2v) is 8.33. The van der Waals surface area contributed by atoms with E-state index in [0.29, 0.717) is 28.7 Å². The van der Waals surface area contributed by atoms with Gasteiger partial charge in [0, 0.05) is 25.8 Å². The van der Waals surface area contributed by atoms with Crippen LogP contribution in [0.2, 0.25) is 10.0 Å². The van der Waals surface area contributed by atoms with Crippen LogP contribution in [0.1, 0.15) is 52.6 Å². The van der Waals surface area contributed by atoms with Crippen LogP contribution in [0.15, 0.2) is 29.2 Å². The number of hydrogen-bond acceptors (Lipinski definition) is 5. The van der Waals surface area contributed by atoms with Crippen LogP contribution in [0.5, 0.6) is 5.75 Å². The third kappa shape index (κ3) is 3.64. The fraction of sp³-hybridized carbons (Fsp3) is 0.381. The van der Waals surface area contributed by atoms with E-state index in [4.69, 9.17) is 23.2 Å². The SMILES string of the molecule is CCN1C(=O)c2c(O)c(=O)c(C(=O)NCc3cccc(Cl)c3Cl)cn2N2CCCC[C@@H]12. The molecule has 2 aliphatic rings. The van der Waals surface area contributed by atoms with Crippen molar-refractivity contribution >= 4 is 35.0 Å². The zero-order chi connectivity index (χ0) is 22.3. The largest absolute Gasteiger partial charge is 0.502 e. The first-order valence-electron chi connectivity index (χ1n) is 10.1. The van der Waals surface area contributed by atoms with E-state index in [0.717, 1.165) is 19.3 Å². The van der Waals surface area contributed by atoms with Crippen molar-refractivity contribution in [1.82, 2.24) is 14.9 Å². The van der Waals surface area contributed by atoms with Crippen LogP contribution < -0.4 is 15.8 Å². The lowest BCUT2D eigenvalue weighted by Gasteiger charge is -2.48. The summed E-state index contributed by atoms with van der Waals surface area (Å²) in [6.07, 6.45) is 3.82. The summed E-state index contributed by atoms with van der Waals surface area (Å²) < 4.78 is 1.47. The van der Waals surface area contributed by atoms with Crippen molar-refractivity contribution in [3.8, 4) is 5.75 Å². The molecular formula is C21H22Cl2N4O4. The molecule has 1 atom stereocenters. The minimum absolute atomic E-state index is 0.0507. The number of aromatic hydroxyl groups is 1. The number of halogens is 2. The molecule has 0 unspecified atom stereocenters. The Kier molecular flexibility index (Phi) is 5.85. The molecule has 0 saturated carbocycles. The maximum atomic E-state index is 13.0. The Morgan fingerprint density at radius 1 is 1.26 bits per heavy atom. The van der Waals surface area contributed by atoms with Crippen LogP contribution >= 0.6 is 23.2 Å². The molecule has 1 aromatic carbocycles. The molecule has 0 spiro atoms. The van der Waals surface area contributed by atoms with Crippen LogP contribution in [0.3, 0.4) is 0 Å². The highest BCUT2D eigenvalue weighted by atomic mass is 35.5. The molecule has 0 bridgehead atoms. The number of nitrogens with zero attached hydrogens (tertiary/aromatic N) is 3. The van der Waals surface area contributed by atoms with Gasteiger partial charge in [0.2, 0.25) is 5.43 Å². The van der Waals surface area contributed by atoms with Gasteiger partial charge >= 0.3 is 0 Å². The van der Waals surface area contributed by atoms with Gasteiger partial charge in [-0.2, -0.15) is 0 Å². The summed E-state index contributed by atoms with van der Waals surface area (Å²) in [7, 11) is 0. The van der Waals surface area contributed by atoms with E-state index in [2.05, 4.69) is 5.32 Å². The first kappa shape index (κ1) is 21.5. The van der Waals surface area contributed by atoms with Gasteiger partial charge in [0.05, 0.1) is 10.0 Å². The average molecular weight is 465 g/mol. The second kappa shape index (κ2) is 8.43. The predicted octanol–water partition coefficient (Wildman–Crippen LogP) is 2.71. The lowest BCUT2D eigenvalue weighted by atomic mass is 10.1. The molecule has 1 aromatic heterocycles. The molecule has 31 heavy (non-hydrogen) atoms. The highest BCUT2D eigenvalue weighted by Crippen LogP contribution is 2.29. The zero-order valence-corrected chi connectivity index (χ0v) is 18.4. The van der Waals surface area contributed by atoms with E-state index in [-0.39, 0.29) is 24.0 Å². The first-order valence-corrected chi connectivity index (χ1v) is 10.9. The second-order valence-electron chi connectivity index (χ2n) is 7.54. The number of rotatable bonds is 4. The summed E-state index contributed by atoms with van der Waals surface area (Å²) in [4.78, 5) is 40.2. The van der Waals surface area contributed by atoms with Gasteiger partial charge in [-0.3, -0.25) is 24.1 Å². The van der Waals surface area contributed by atoms with Crippen molar-refractivity contribution in [2.45, 2.75) is 38.9 Å². The Bertz CT molecular complexity index is 1120. The summed E-state index contributed by atoms with van der Waals surface area (Å²) in [5.74, 6) is -1.82. The van der Waals surface area contributed by atoms with Gasteiger partial charge in [-0.15, -0.1) is 0 Å². The summed E-state index contributed by atoms with van der Waals surface area (Å²) in [6, 6.07) is 5.05. The van der Waals surface area contributed by atoms with E-state index in [1.807, 2.05) is 11.9 Å². The molecule has 2 N–H and O–H groups in total. The van der Waals surface area contributed by atoms with Crippen molar-refractivity contribution in [1.29, 1.82) is 0 Å². The smallest absolute Gasteiger partial charge is 0.278 e. The molecular weight excluding hydrogens is 443 g/mol. The number of nitrogens with one attached hydrogen (secondary N) is 1. The molecule has 0 aliphatic carbocycles. The van der Waals surface area contributed by atoms with E-state index >= 15 is 0 Å². The van der Waals surface area contributed by atoms with Crippen molar-refractivity contribution in [2.75, 3.05) is 18.1 Å². The van der Waals surface area contributed by atoms with Gasteiger partial charge in [-0.25, -0.2) is 0 Å². The lowest BCUT2D eigenvalue weighted by molar-refractivity contribution is 0.0534. The molecule has 2 aromatic rings. The van der Waals surface area contributed by atoms with E-state index in [1.54, 1.807) is 23.1 Å². The highest BCUT2D eigenvalue weighted by molar-refractivity contribution is 6.42. The van der Waals surface area contributed by atoms with Gasteiger partial charge in [-0.1, -0.05) is 35.3 Å². The molecule has 1 saturated heterocycles. The van der Waals surface area contributed by atoms with Crippen LogP contribution in [-0.4, -0.2) is 45.8 Å². The van der Waals surface area contributed by atoms with Crippen LogP contribution in [0, 0.1) is 0 Å². The summed E-state index contributed by atoms with van der Waals surface area (Å²) >= 11 is 12.2. The summed E-state index contributed by atoms with van der Waals surface area (Å²) in [5.41, 5.74) is -0.656. The van der Waals surface area contributed by atoms with Gasteiger partial charge in [0.1, 0.15) is 11.7 Å². The number of fused-ring (bicyclic) bond motifs is 3. The Labute approximate surface area is 188 Å². The van der Waals surface area contributed by atoms with Gasteiger partial charge in [0.25, 0.3) is 11.8 Å². The van der Waals surface area contributed by atoms with Crippen molar-refractivity contribution < 1.29 is 14.7 Å². The Morgan fingerprint density at radius 2 is 2.03 bits per heavy atom. The third-order valence-electron chi connectivity index (χ3n) is 5.76. The number of piperidine rings is 1. The number of hydrogen-bond donors (Lipinski definition) is 2. The molecule has 4 rings (SSSR count). The molecule has 2 aliphatic heterocycles. The maximum absolute atomic E-state index is 13.0. The van der Waals surface area contributed by atoms with Crippen LogP contribution in [0.4, 0.5) is 0 Å². The molecule has 3 heterocycles. The fourth-order valence-corrected chi connectivity index (χ4v) is 4.59. The Morgan fingerprint density at radius 3 is 2.77 bits per heavy atom.